The van der Waals surface area contributed by atoms with Gasteiger partial charge in [-0.3, -0.25) is 0 Å². The summed E-state index contributed by atoms with van der Waals surface area (Å²) in [4.78, 5) is 0. The average Bonchev–Trinajstić information content (AvgIpc) is 2.16. The first-order valence-corrected chi connectivity index (χ1v) is 5.66. The van der Waals surface area contributed by atoms with Gasteiger partial charge in [0.25, 0.3) is 0 Å². The quantitative estimate of drug-likeness (QED) is 0.855. The molecule has 1 atom stereocenters. The summed E-state index contributed by atoms with van der Waals surface area (Å²) in [5.41, 5.74) is 7.90. The van der Waals surface area contributed by atoms with Crippen LogP contribution in [0.2, 0.25) is 0 Å². The molecule has 2 N–H and O–H groups in total. The standard InChI is InChI=1S/C13H18FNO/c1-9-8-10(14)4-5-11(9)12(15)13(16-2)6-3-7-13/h4-5,8,12H,3,6-7,15H2,1-2H3. The normalized spacial score (nSPS) is 20.2. The highest BCUT2D eigenvalue weighted by Gasteiger charge is 2.43. The van der Waals surface area contributed by atoms with Crippen LogP contribution in [0, 0.1) is 12.7 Å². The van der Waals surface area contributed by atoms with E-state index >= 15 is 0 Å². The highest BCUT2D eigenvalue weighted by molar-refractivity contribution is 5.32. The van der Waals surface area contributed by atoms with Crippen LogP contribution < -0.4 is 5.73 Å². The van der Waals surface area contributed by atoms with Gasteiger partial charge >= 0.3 is 0 Å². The number of hydrogen-bond acceptors (Lipinski definition) is 2. The van der Waals surface area contributed by atoms with E-state index < -0.39 is 0 Å². The fourth-order valence-electron chi connectivity index (χ4n) is 2.44. The predicted octanol–water partition coefficient (Wildman–Crippen LogP) is 2.70. The third kappa shape index (κ3) is 1.74. The Kier molecular flexibility index (Phi) is 3.00. The van der Waals surface area contributed by atoms with Gasteiger partial charge in [-0.1, -0.05) is 6.07 Å². The molecule has 0 aliphatic heterocycles. The molecule has 0 amide bonds. The SMILES string of the molecule is COC1(C(N)c2ccc(F)cc2C)CCC1. The van der Waals surface area contributed by atoms with Crippen LogP contribution in [-0.4, -0.2) is 12.7 Å². The molecule has 88 valence electrons. The molecule has 16 heavy (non-hydrogen) atoms. The summed E-state index contributed by atoms with van der Waals surface area (Å²) in [5, 5.41) is 0. The van der Waals surface area contributed by atoms with E-state index in [4.69, 9.17) is 10.5 Å². The lowest BCUT2D eigenvalue weighted by Crippen LogP contribution is -2.48. The van der Waals surface area contributed by atoms with Crippen LogP contribution in [-0.2, 0) is 4.74 Å². The van der Waals surface area contributed by atoms with Crippen LogP contribution in [0.1, 0.15) is 36.4 Å². The Bertz CT molecular complexity index is 382. The lowest BCUT2D eigenvalue weighted by Gasteiger charge is -2.45. The molecular formula is C13H18FNO. The molecule has 2 rings (SSSR count). The predicted molar refractivity (Wildman–Crippen MR) is 61.7 cm³/mol. The summed E-state index contributed by atoms with van der Waals surface area (Å²) < 4.78 is 18.6. The number of rotatable bonds is 3. The lowest BCUT2D eigenvalue weighted by molar-refractivity contribution is -0.0912. The van der Waals surface area contributed by atoms with Gasteiger partial charge in [0.05, 0.1) is 11.6 Å². The van der Waals surface area contributed by atoms with Crippen molar-refractivity contribution in [3.63, 3.8) is 0 Å². The average molecular weight is 223 g/mol. The first kappa shape index (κ1) is 11.6. The molecule has 1 unspecified atom stereocenters. The molecule has 0 radical (unpaired) electrons. The van der Waals surface area contributed by atoms with Crippen molar-refractivity contribution in [3.8, 4) is 0 Å². The number of hydrogen-bond donors (Lipinski definition) is 1. The molecule has 1 saturated carbocycles. The molecule has 1 aliphatic carbocycles. The first-order valence-electron chi connectivity index (χ1n) is 5.66. The van der Waals surface area contributed by atoms with Crippen LogP contribution >= 0.6 is 0 Å². The second-order valence-corrected chi connectivity index (χ2v) is 4.60. The maximum absolute atomic E-state index is 13.0. The Morgan fingerprint density at radius 3 is 2.56 bits per heavy atom. The van der Waals surface area contributed by atoms with Crippen molar-refractivity contribution in [1.29, 1.82) is 0 Å². The van der Waals surface area contributed by atoms with Crippen molar-refractivity contribution < 1.29 is 9.13 Å². The van der Waals surface area contributed by atoms with E-state index in [9.17, 15) is 4.39 Å². The molecule has 0 aromatic heterocycles. The number of nitrogens with two attached hydrogens (primary N) is 1. The van der Waals surface area contributed by atoms with Crippen LogP contribution in [0.25, 0.3) is 0 Å². The number of halogens is 1. The third-order valence-corrected chi connectivity index (χ3v) is 3.74. The molecule has 1 aliphatic rings. The Balaban J connectivity index is 2.29. The number of ether oxygens (including phenoxy) is 1. The summed E-state index contributed by atoms with van der Waals surface area (Å²) in [6, 6.07) is 4.60. The second-order valence-electron chi connectivity index (χ2n) is 4.60. The van der Waals surface area contributed by atoms with Gasteiger partial charge < -0.3 is 10.5 Å². The monoisotopic (exact) mass is 223 g/mol. The molecular weight excluding hydrogens is 205 g/mol. The highest BCUT2D eigenvalue weighted by atomic mass is 19.1. The minimum Gasteiger partial charge on any atom is -0.376 e. The maximum Gasteiger partial charge on any atom is 0.123 e. The molecule has 1 aromatic carbocycles. The molecule has 3 heteroatoms. The molecule has 0 saturated heterocycles. The minimum absolute atomic E-state index is 0.160. The van der Waals surface area contributed by atoms with Crippen LogP contribution in [0.15, 0.2) is 18.2 Å². The maximum atomic E-state index is 13.0. The zero-order valence-corrected chi connectivity index (χ0v) is 9.79. The van der Waals surface area contributed by atoms with Gasteiger partial charge in [-0.2, -0.15) is 0 Å². The van der Waals surface area contributed by atoms with Gasteiger partial charge in [-0.25, -0.2) is 4.39 Å². The fraction of sp³-hybridized carbons (Fsp3) is 0.538. The van der Waals surface area contributed by atoms with Crippen molar-refractivity contribution in [2.45, 2.75) is 37.8 Å². The molecule has 0 heterocycles. The van der Waals surface area contributed by atoms with Crippen molar-refractivity contribution in [1.82, 2.24) is 0 Å². The van der Waals surface area contributed by atoms with Crippen LogP contribution in [0.4, 0.5) is 4.39 Å². The van der Waals surface area contributed by atoms with E-state index in [1.54, 1.807) is 13.2 Å². The Morgan fingerprint density at radius 1 is 1.44 bits per heavy atom. The minimum atomic E-state index is -0.234. The Morgan fingerprint density at radius 2 is 2.12 bits per heavy atom. The second kappa shape index (κ2) is 4.15. The smallest absolute Gasteiger partial charge is 0.123 e. The van der Waals surface area contributed by atoms with E-state index in [-0.39, 0.29) is 17.5 Å². The summed E-state index contributed by atoms with van der Waals surface area (Å²) in [6.45, 7) is 1.89. The van der Waals surface area contributed by atoms with E-state index in [1.807, 2.05) is 6.92 Å². The zero-order valence-electron chi connectivity index (χ0n) is 9.79. The summed E-state index contributed by atoms with van der Waals surface area (Å²) in [7, 11) is 1.71. The molecule has 0 spiro atoms. The molecule has 1 fully saturated rings. The van der Waals surface area contributed by atoms with Crippen molar-refractivity contribution in [2.24, 2.45) is 5.73 Å². The largest absolute Gasteiger partial charge is 0.376 e. The lowest BCUT2D eigenvalue weighted by atomic mass is 9.72. The van der Waals surface area contributed by atoms with Gasteiger partial charge in [-0.15, -0.1) is 0 Å². The summed E-state index contributed by atoms with van der Waals surface area (Å²) >= 11 is 0. The van der Waals surface area contributed by atoms with Gasteiger partial charge in [0.15, 0.2) is 0 Å². The summed E-state index contributed by atoms with van der Waals surface area (Å²) in [5.74, 6) is -0.214. The highest BCUT2D eigenvalue weighted by Crippen LogP contribution is 2.44. The third-order valence-electron chi connectivity index (χ3n) is 3.74. The fourth-order valence-corrected chi connectivity index (χ4v) is 2.44. The topological polar surface area (TPSA) is 35.2 Å². The molecule has 2 nitrogen and oxygen atoms in total. The zero-order chi connectivity index (χ0) is 11.8. The van der Waals surface area contributed by atoms with E-state index in [1.165, 1.54) is 12.1 Å². The van der Waals surface area contributed by atoms with Crippen molar-refractivity contribution in [3.05, 3.63) is 35.1 Å². The van der Waals surface area contributed by atoms with Crippen molar-refractivity contribution >= 4 is 0 Å². The van der Waals surface area contributed by atoms with E-state index in [0.717, 1.165) is 30.4 Å². The van der Waals surface area contributed by atoms with E-state index in [2.05, 4.69) is 0 Å². The van der Waals surface area contributed by atoms with Crippen LogP contribution in [0.5, 0.6) is 0 Å². The van der Waals surface area contributed by atoms with Gasteiger partial charge in [0.1, 0.15) is 5.82 Å². The Hall–Kier alpha value is -0.930. The first-order chi connectivity index (χ1) is 7.59. The number of benzene rings is 1. The van der Waals surface area contributed by atoms with Gasteiger partial charge in [-0.05, 0) is 49.4 Å². The summed E-state index contributed by atoms with van der Waals surface area (Å²) in [6.07, 6.45) is 3.13. The van der Waals surface area contributed by atoms with E-state index in [0.29, 0.717) is 0 Å². The van der Waals surface area contributed by atoms with Gasteiger partial charge in [0, 0.05) is 7.11 Å². The van der Waals surface area contributed by atoms with Crippen LogP contribution in [0.3, 0.4) is 0 Å². The number of methoxy groups -OCH3 is 1. The number of aryl methyl sites for hydroxylation is 1. The molecule has 1 aromatic rings. The Labute approximate surface area is 95.6 Å². The van der Waals surface area contributed by atoms with Crippen molar-refractivity contribution in [2.75, 3.05) is 7.11 Å². The molecule has 0 bridgehead atoms. The van der Waals surface area contributed by atoms with Gasteiger partial charge in [0.2, 0.25) is 0 Å².